The van der Waals surface area contributed by atoms with Crippen LogP contribution < -0.4 is 5.73 Å². The summed E-state index contributed by atoms with van der Waals surface area (Å²) in [7, 11) is 0. The Morgan fingerprint density at radius 2 is 2.26 bits per heavy atom. The lowest BCUT2D eigenvalue weighted by Crippen LogP contribution is -2.49. The van der Waals surface area contributed by atoms with Crippen LogP contribution >= 0.6 is 0 Å². The van der Waals surface area contributed by atoms with Crippen molar-refractivity contribution in [3.8, 4) is 0 Å². The summed E-state index contributed by atoms with van der Waals surface area (Å²) in [5.74, 6) is 0. The van der Waals surface area contributed by atoms with Crippen LogP contribution in [-0.4, -0.2) is 46.9 Å². The zero-order valence-electron chi connectivity index (χ0n) is 11.9. The lowest BCUT2D eigenvalue weighted by Gasteiger charge is -2.37. The van der Waals surface area contributed by atoms with E-state index in [-0.39, 0.29) is 12.7 Å². The van der Waals surface area contributed by atoms with Crippen LogP contribution in [0, 0.1) is 13.8 Å². The summed E-state index contributed by atoms with van der Waals surface area (Å²) >= 11 is 0. The van der Waals surface area contributed by atoms with Gasteiger partial charge in [0.2, 0.25) is 0 Å². The highest BCUT2D eigenvalue weighted by molar-refractivity contribution is 5.53. The second-order valence-electron chi connectivity index (χ2n) is 5.34. The van der Waals surface area contributed by atoms with Crippen molar-refractivity contribution in [2.45, 2.75) is 39.5 Å². The fourth-order valence-corrected chi connectivity index (χ4v) is 2.35. The average molecular weight is 265 g/mol. The van der Waals surface area contributed by atoms with E-state index in [9.17, 15) is 5.11 Å². The van der Waals surface area contributed by atoms with Gasteiger partial charge in [-0.05, 0) is 31.9 Å². The van der Waals surface area contributed by atoms with Crippen LogP contribution in [0.4, 0.5) is 5.69 Å². The number of aryl methyl sites for hydroxylation is 1. The highest BCUT2D eigenvalue weighted by Gasteiger charge is 2.26. The first-order valence-corrected chi connectivity index (χ1v) is 6.70. The van der Waals surface area contributed by atoms with E-state index < -0.39 is 0 Å². The van der Waals surface area contributed by atoms with Crippen LogP contribution in [0.25, 0.3) is 0 Å². The van der Waals surface area contributed by atoms with Crippen molar-refractivity contribution in [1.29, 1.82) is 0 Å². The number of hydrogen-bond donors (Lipinski definition) is 2. The minimum Gasteiger partial charge on any atom is -0.398 e. The predicted molar refractivity (Wildman–Crippen MR) is 74.8 cm³/mol. The summed E-state index contributed by atoms with van der Waals surface area (Å²) in [6, 6.07) is 0.325. The van der Waals surface area contributed by atoms with Crippen molar-refractivity contribution in [1.82, 2.24) is 9.88 Å². The molecule has 1 aliphatic rings. The zero-order chi connectivity index (χ0) is 14.0. The largest absolute Gasteiger partial charge is 0.398 e. The SMILES string of the molecule is Cc1cnc(CN2CC(CO)OCC2C)c(C)c1N. The quantitative estimate of drug-likeness (QED) is 0.848. The molecule has 3 N–H and O–H groups in total. The number of pyridine rings is 1. The first kappa shape index (κ1) is 14.2. The third kappa shape index (κ3) is 3.05. The molecule has 2 unspecified atom stereocenters. The van der Waals surface area contributed by atoms with Gasteiger partial charge in [-0.3, -0.25) is 9.88 Å². The number of aliphatic hydroxyl groups is 1. The molecule has 1 aromatic heterocycles. The van der Waals surface area contributed by atoms with Gasteiger partial charge in [-0.2, -0.15) is 0 Å². The lowest BCUT2D eigenvalue weighted by atomic mass is 10.1. The number of nitrogen functional groups attached to an aromatic ring is 1. The number of aromatic nitrogens is 1. The fourth-order valence-electron chi connectivity index (χ4n) is 2.35. The summed E-state index contributed by atoms with van der Waals surface area (Å²) in [4.78, 5) is 6.78. The summed E-state index contributed by atoms with van der Waals surface area (Å²) in [5.41, 5.74) is 9.96. The Balaban J connectivity index is 2.13. The first-order chi connectivity index (χ1) is 9.02. The Hall–Kier alpha value is -1.17. The van der Waals surface area contributed by atoms with Crippen molar-refractivity contribution in [2.24, 2.45) is 0 Å². The molecule has 1 aliphatic heterocycles. The molecule has 2 heterocycles. The van der Waals surface area contributed by atoms with Crippen molar-refractivity contribution in [3.63, 3.8) is 0 Å². The number of hydrogen-bond acceptors (Lipinski definition) is 5. The van der Waals surface area contributed by atoms with Crippen molar-refractivity contribution in [2.75, 3.05) is 25.5 Å². The number of morpholine rings is 1. The summed E-state index contributed by atoms with van der Waals surface area (Å²) in [6.45, 7) is 8.29. The Morgan fingerprint density at radius 3 is 2.95 bits per heavy atom. The molecule has 5 nitrogen and oxygen atoms in total. The van der Waals surface area contributed by atoms with Crippen LogP contribution in [0.3, 0.4) is 0 Å². The number of aliphatic hydroxyl groups excluding tert-OH is 1. The van der Waals surface area contributed by atoms with Gasteiger partial charge in [0, 0.05) is 31.0 Å². The highest BCUT2D eigenvalue weighted by Crippen LogP contribution is 2.21. The van der Waals surface area contributed by atoms with Gasteiger partial charge in [0.15, 0.2) is 0 Å². The van der Waals surface area contributed by atoms with Crippen LogP contribution in [0.1, 0.15) is 23.7 Å². The molecule has 0 aromatic carbocycles. The molecule has 0 saturated carbocycles. The maximum atomic E-state index is 9.21. The van der Waals surface area contributed by atoms with Gasteiger partial charge in [0.1, 0.15) is 0 Å². The van der Waals surface area contributed by atoms with Gasteiger partial charge < -0.3 is 15.6 Å². The molecule has 2 rings (SSSR count). The van der Waals surface area contributed by atoms with Gasteiger partial charge in [-0.1, -0.05) is 0 Å². The molecule has 1 fully saturated rings. The monoisotopic (exact) mass is 265 g/mol. The molecule has 0 aliphatic carbocycles. The Morgan fingerprint density at radius 1 is 1.53 bits per heavy atom. The van der Waals surface area contributed by atoms with Crippen molar-refractivity contribution >= 4 is 5.69 Å². The molecule has 0 bridgehead atoms. The van der Waals surface area contributed by atoms with Gasteiger partial charge >= 0.3 is 0 Å². The summed E-state index contributed by atoms with van der Waals surface area (Å²) in [6.07, 6.45) is 1.73. The molecule has 5 heteroatoms. The second-order valence-corrected chi connectivity index (χ2v) is 5.34. The van der Waals surface area contributed by atoms with E-state index in [1.807, 2.05) is 20.0 Å². The minimum absolute atomic E-state index is 0.0612. The molecule has 19 heavy (non-hydrogen) atoms. The van der Waals surface area contributed by atoms with Crippen LogP contribution in [0.15, 0.2) is 6.20 Å². The molecular weight excluding hydrogens is 242 g/mol. The molecular formula is C14H23N3O2. The first-order valence-electron chi connectivity index (χ1n) is 6.70. The second kappa shape index (κ2) is 5.86. The standard InChI is InChI=1S/C14H23N3O2/c1-9-4-16-13(11(3)14(9)15)6-17-5-12(7-18)19-8-10(17)2/h4,10,12,18H,5-8H2,1-3H3,(H2,15,16). The Bertz CT molecular complexity index is 451. The van der Waals surface area contributed by atoms with Crippen LogP contribution in [0.5, 0.6) is 0 Å². The van der Waals surface area contributed by atoms with E-state index >= 15 is 0 Å². The average Bonchev–Trinajstić information content (AvgIpc) is 2.41. The van der Waals surface area contributed by atoms with Crippen molar-refractivity contribution < 1.29 is 9.84 Å². The third-order valence-corrected chi connectivity index (χ3v) is 3.87. The van der Waals surface area contributed by atoms with E-state index in [0.717, 1.165) is 35.6 Å². The minimum atomic E-state index is -0.0979. The lowest BCUT2D eigenvalue weighted by molar-refractivity contribution is -0.0809. The van der Waals surface area contributed by atoms with E-state index in [2.05, 4.69) is 16.8 Å². The molecule has 2 atom stereocenters. The van der Waals surface area contributed by atoms with Gasteiger partial charge in [-0.15, -0.1) is 0 Å². The zero-order valence-corrected chi connectivity index (χ0v) is 11.9. The van der Waals surface area contributed by atoms with E-state index in [0.29, 0.717) is 12.6 Å². The molecule has 106 valence electrons. The maximum Gasteiger partial charge on any atom is 0.0933 e. The normalized spacial score (nSPS) is 24.6. The van der Waals surface area contributed by atoms with E-state index in [1.165, 1.54) is 0 Å². The number of anilines is 1. The summed E-state index contributed by atoms with van der Waals surface area (Å²) in [5, 5.41) is 9.21. The highest BCUT2D eigenvalue weighted by atomic mass is 16.5. The topological polar surface area (TPSA) is 71.6 Å². The molecule has 1 aromatic rings. The molecule has 0 spiro atoms. The summed E-state index contributed by atoms with van der Waals surface area (Å²) < 4.78 is 5.54. The number of rotatable bonds is 3. The Labute approximate surface area is 114 Å². The molecule has 1 saturated heterocycles. The maximum absolute atomic E-state index is 9.21. The molecule has 0 radical (unpaired) electrons. The van der Waals surface area contributed by atoms with Crippen LogP contribution in [0.2, 0.25) is 0 Å². The Kier molecular flexibility index (Phi) is 4.39. The fraction of sp³-hybridized carbons (Fsp3) is 0.643. The van der Waals surface area contributed by atoms with Gasteiger partial charge in [0.25, 0.3) is 0 Å². The number of ether oxygens (including phenoxy) is 1. The van der Waals surface area contributed by atoms with Gasteiger partial charge in [-0.25, -0.2) is 0 Å². The third-order valence-electron chi connectivity index (χ3n) is 3.87. The van der Waals surface area contributed by atoms with Crippen molar-refractivity contribution in [3.05, 3.63) is 23.0 Å². The van der Waals surface area contributed by atoms with E-state index in [4.69, 9.17) is 10.5 Å². The number of nitrogens with two attached hydrogens (primary N) is 1. The van der Waals surface area contributed by atoms with Gasteiger partial charge in [0.05, 0.1) is 25.0 Å². The molecule has 0 amide bonds. The van der Waals surface area contributed by atoms with E-state index in [1.54, 1.807) is 0 Å². The van der Waals surface area contributed by atoms with Crippen LogP contribution in [-0.2, 0) is 11.3 Å². The predicted octanol–water partition coefficient (Wildman–Crippen LogP) is 0.862. The smallest absolute Gasteiger partial charge is 0.0933 e. The number of nitrogens with zero attached hydrogens (tertiary/aromatic N) is 2.